The van der Waals surface area contributed by atoms with Gasteiger partial charge < -0.3 is 19.8 Å². The molecule has 5 heteroatoms. The summed E-state index contributed by atoms with van der Waals surface area (Å²) in [6.45, 7) is 4.08. The van der Waals surface area contributed by atoms with Gasteiger partial charge in [0.05, 0.1) is 13.7 Å². The monoisotopic (exact) mass is 344 g/mol. The maximum Gasteiger partial charge on any atom is 0.225 e. The van der Waals surface area contributed by atoms with Crippen molar-refractivity contribution in [2.45, 2.75) is 45.6 Å². The van der Waals surface area contributed by atoms with Crippen molar-refractivity contribution in [2.24, 2.45) is 5.41 Å². The minimum absolute atomic E-state index is 0.173. The van der Waals surface area contributed by atoms with E-state index in [1.54, 1.807) is 7.11 Å². The third-order valence-electron chi connectivity index (χ3n) is 5.17. The highest BCUT2D eigenvalue weighted by atomic mass is 16.5. The minimum Gasteiger partial charge on any atom is -0.493 e. The second-order valence-electron chi connectivity index (χ2n) is 7.15. The lowest BCUT2D eigenvalue weighted by Crippen LogP contribution is -2.42. The van der Waals surface area contributed by atoms with Crippen molar-refractivity contribution in [3.8, 4) is 5.75 Å². The number of hydrogen-bond donors (Lipinski definition) is 2. The number of hydrogen-bond acceptors (Lipinski definition) is 4. The Bertz CT molecular complexity index is 717. The molecule has 1 aromatic carbocycles. The lowest BCUT2D eigenvalue weighted by Gasteiger charge is -2.32. The van der Waals surface area contributed by atoms with Crippen molar-refractivity contribution in [1.82, 2.24) is 10.6 Å². The van der Waals surface area contributed by atoms with E-state index in [1.165, 1.54) is 6.42 Å². The predicted molar refractivity (Wildman–Crippen MR) is 98.7 cm³/mol. The summed E-state index contributed by atoms with van der Waals surface area (Å²) >= 11 is 0. The second-order valence-corrected chi connectivity index (χ2v) is 7.15. The van der Waals surface area contributed by atoms with E-state index in [1.807, 2.05) is 24.3 Å². The van der Waals surface area contributed by atoms with E-state index in [9.17, 15) is 4.79 Å². The van der Waals surface area contributed by atoms with Gasteiger partial charge in [0.25, 0.3) is 0 Å². The summed E-state index contributed by atoms with van der Waals surface area (Å²) in [7, 11) is 1.64. The number of furan rings is 1. The average Bonchev–Trinajstić information content (AvgIpc) is 3.04. The highest BCUT2D eigenvalue weighted by Gasteiger charge is 2.33. The van der Waals surface area contributed by atoms with Crippen LogP contribution in [0.3, 0.4) is 0 Å². The van der Waals surface area contributed by atoms with Gasteiger partial charge >= 0.3 is 0 Å². The van der Waals surface area contributed by atoms with Crippen LogP contribution in [-0.4, -0.2) is 26.1 Å². The fourth-order valence-electron chi connectivity index (χ4n) is 3.59. The second kappa shape index (κ2) is 7.91. The molecule has 1 fully saturated rings. The van der Waals surface area contributed by atoms with Gasteiger partial charge in [-0.3, -0.25) is 4.79 Å². The first-order chi connectivity index (χ1) is 12.1. The van der Waals surface area contributed by atoms with E-state index >= 15 is 0 Å². The summed E-state index contributed by atoms with van der Waals surface area (Å²) in [5, 5.41) is 7.43. The van der Waals surface area contributed by atoms with Crippen molar-refractivity contribution in [3.05, 3.63) is 30.0 Å². The SMILES string of the molecule is COc1cccc2cc(CNCCNC(=O)C3(C)CCCCC3)oc12. The Morgan fingerprint density at radius 1 is 1.24 bits per heavy atom. The van der Waals surface area contributed by atoms with Crippen LogP contribution in [-0.2, 0) is 11.3 Å². The fraction of sp³-hybridized carbons (Fsp3) is 0.550. The summed E-state index contributed by atoms with van der Waals surface area (Å²) < 4.78 is 11.2. The zero-order chi connectivity index (χ0) is 17.7. The molecule has 25 heavy (non-hydrogen) atoms. The number of ether oxygens (including phenoxy) is 1. The van der Waals surface area contributed by atoms with Crippen molar-refractivity contribution >= 4 is 16.9 Å². The molecule has 1 saturated carbocycles. The van der Waals surface area contributed by atoms with Crippen LogP contribution >= 0.6 is 0 Å². The van der Waals surface area contributed by atoms with E-state index in [0.29, 0.717) is 13.1 Å². The lowest BCUT2D eigenvalue weighted by atomic mass is 9.75. The molecule has 1 aliphatic rings. The number of nitrogens with one attached hydrogen (secondary N) is 2. The Balaban J connectivity index is 1.43. The first-order valence-corrected chi connectivity index (χ1v) is 9.17. The third kappa shape index (κ3) is 4.15. The standard InChI is InChI=1S/C20H28N2O3/c1-20(9-4-3-5-10-20)19(23)22-12-11-21-14-16-13-15-7-6-8-17(24-2)18(15)25-16/h6-8,13,21H,3-5,9-12,14H2,1-2H3,(H,22,23). The smallest absolute Gasteiger partial charge is 0.225 e. The van der Waals surface area contributed by atoms with Crippen molar-refractivity contribution in [2.75, 3.05) is 20.2 Å². The first kappa shape index (κ1) is 17.8. The molecular weight excluding hydrogens is 316 g/mol. The topological polar surface area (TPSA) is 63.5 Å². The van der Waals surface area contributed by atoms with E-state index in [2.05, 4.69) is 17.6 Å². The molecule has 1 heterocycles. The number of rotatable bonds is 7. The normalized spacial score (nSPS) is 16.7. The number of fused-ring (bicyclic) bond motifs is 1. The van der Waals surface area contributed by atoms with Gasteiger partial charge in [-0.25, -0.2) is 0 Å². The van der Waals surface area contributed by atoms with Crippen LogP contribution in [0, 0.1) is 5.41 Å². The van der Waals surface area contributed by atoms with Gasteiger partial charge in [-0.1, -0.05) is 38.3 Å². The predicted octanol–water partition coefficient (Wildman–Crippen LogP) is 3.62. The average molecular weight is 344 g/mol. The van der Waals surface area contributed by atoms with Crippen LogP contribution in [0.15, 0.2) is 28.7 Å². The molecule has 3 rings (SSSR count). The molecule has 2 aromatic rings. The largest absolute Gasteiger partial charge is 0.493 e. The van der Waals surface area contributed by atoms with Gasteiger partial charge in [0, 0.05) is 23.9 Å². The Hall–Kier alpha value is -2.01. The van der Waals surface area contributed by atoms with Gasteiger partial charge in [-0.2, -0.15) is 0 Å². The number of methoxy groups -OCH3 is 1. The molecule has 0 aliphatic heterocycles. The molecule has 2 N–H and O–H groups in total. The maximum absolute atomic E-state index is 12.4. The molecule has 0 unspecified atom stereocenters. The fourth-order valence-corrected chi connectivity index (χ4v) is 3.59. The Labute approximate surface area is 149 Å². The lowest BCUT2D eigenvalue weighted by molar-refractivity contribution is -0.131. The number of carbonyl (C=O) groups is 1. The van der Waals surface area contributed by atoms with Gasteiger partial charge in [0.15, 0.2) is 11.3 Å². The highest BCUT2D eigenvalue weighted by molar-refractivity contribution is 5.83. The maximum atomic E-state index is 12.4. The quantitative estimate of drug-likeness (QED) is 0.753. The zero-order valence-corrected chi connectivity index (χ0v) is 15.2. The van der Waals surface area contributed by atoms with Gasteiger partial charge in [0.2, 0.25) is 5.91 Å². The summed E-state index contributed by atoms with van der Waals surface area (Å²) in [4.78, 5) is 12.4. The van der Waals surface area contributed by atoms with Crippen LogP contribution in [0.25, 0.3) is 11.0 Å². The van der Waals surface area contributed by atoms with Crippen molar-refractivity contribution in [1.29, 1.82) is 0 Å². The van der Waals surface area contributed by atoms with Crippen LogP contribution in [0.5, 0.6) is 5.75 Å². The summed E-state index contributed by atoms with van der Waals surface area (Å²) in [6, 6.07) is 7.88. The summed E-state index contributed by atoms with van der Waals surface area (Å²) in [5.74, 6) is 1.81. The summed E-state index contributed by atoms with van der Waals surface area (Å²) in [5.41, 5.74) is 0.605. The Kier molecular flexibility index (Phi) is 5.63. The minimum atomic E-state index is -0.173. The molecule has 0 saturated heterocycles. The molecule has 1 amide bonds. The molecule has 0 spiro atoms. The first-order valence-electron chi connectivity index (χ1n) is 9.17. The molecular formula is C20H28N2O3. The number of para-hydroxylation sites is 1. The Morgan fingerprint density at radius 2 is 2.04 bits per heavy atom. The van der Waals surface area contributed by atoms with Crippen LogP contribution in [0.1, 0.15) is 44.8 Å². The number of carbonyl (C=O) groups excluding carboxylic acids is 1. The van der Waals surface area contributed by atoms with E-state index in [-0.39, 0.29) is 11.3 Å². The van der Waals surface area contributed by atoms with Gasteiger partial charge in [-0.05, 0) is 25.0 Å². The highest BCUT2D eigenvalue weighted by Crippen LogP contribution is 2.35. The molecule has 1 aliphatic carbocycles. The van der Waals surface area contributed by atoms with Crippen LogP contribution in [0.2, 0.25) is 0 Å². The van der Waals surface area contributed by atoms with E-state index < -0.39 is 0 Å². The van der Waals surface area contributed by atoms with Gasteiger partial charge in [-0.15, -0.1) is 0 Å². The molecule has 1 aromatic heterocycles. The molecule has 0 radical (unpaired) electrons. The third-order valence-corrected chi connectivity index (χ3v) is 5.17. The van der Waals surface area contributed by atoms with Crippen molar-refractivity contribution in [3.63, 3.8) is 0 Å². The van der Waals surface area contributed by atoms with Crippen LogP contribution < -0.4 is 15.4 Å². The van der Waals surface area contributed by atoms with Crippen LogP contribution in [0.4, 0.5) is 0 Å². The number of amides is 1. The summed E-state index contributed by atoms with van der Waals surface area (Å²) in [6.07, 6.45) is 5.60. The van der Waals surface area contributed by atoms with E-state index in [0.717, 1.165) is 54.7 Å². The van der Waals surface area contributed by atoms with E-state index in [4.69, 9.17) is 9.15 Å². The number of benzene rings is 1. The molecule has 5 nitrogen and oxygen atoms in total. The van der Waals surface area contributed by atoms with Crippen molar-refractivity contribution < 1.29 is 13.9 Å². The molecule has 136 valence electrons. The molecule has 0 bridgehead atoms. The Morgan fingerprint density at radius 3 is 2.80 bits per heavy atom. The zero-order valence-electron chi connectivity index (χ0n) is 15.2. The molecule has 0 atom stereocenters. The van der Waals surface area contributed by atoms with Gasteiger partial charge in [0.1, 0.15) is 5.76 Å².